The van der Waals surface area contributed by atoms with Crippen molar-refractivity contribution in [3.63, 3.8) is 0 Å². The van der Waals surface area contributed by atoms with Gasteiger partial charge in [-0.1, -0.05) is 34.1 Å². The number of alkyl carbamates (subject to hydrolysis) is 1. The fourth-order valence-corrected chi connectivity index (χ4v) is 11.1. The summed E-state index contributed by atoms with van der Waals surface area (Å²) in [4.78, 5) is 66.3. The van der Waals surface area contributed by atoms with E-state index in [1.165, 1.54) is 26.2 Å². The number of nitrogens with one attached hydrogen (secondary N) is 2. The molecule has 10 atom stereocenters. The molecule has 3 unspecified atom stereocenters. The first kappa shape index (κ1) is 43.8. The molecule has 3 saturated carbocycles. The third-order valence-electron chi connectivity index (χ3n) is 13.5. The highest BCUT2D eigenvalue weighted by Crippen LogP contribution is 2.53. The molecule has 1 aromatic carbocycles. The summed E-state index contributed by atoms with van der Waals surface area (Å²) in [6.45, 7) is 7.75. The lowest BCUT2D eigenvalue weighted by Gasteiger charge is -2.32. The lowest BCUT2D eigenvalue weighted by atomic mass is 9.93. The summed E-state index contributed by atoms with van der Waals surface area (Å²) in [5.74, 6) is -11.3. The minimum Gasteiger partial charge on any atom is -0.497 e. The Morgan fingerprint density at radius 2 is 1.80 bits per heavy atom. The Kier molecular flexibility index (Phi) is 11.6. The Morgan fingerprint density at radius 1 is 1.08 bits per heavy atom. The molecule has 7 rings (SSSR count). The van der Waals surface area contributed by atoms with Crippen LogP contribution in [0.1, 0.15) is 91.7 Å². The van der Waals surface area contributed by atoms with Gasteiger partial charge in [-0.15, -0.1) is 0 Å². The Bertz CT molecular complexity index is 2160. The number of alkyl halides is 4. The molecule has 3 heterocycles. The van der Waals surface area contributed by atoms with E-state index >= 15 is 8.78 Å². The molecular formula is C41H53F4N5O9S. The van der Waals surface area contributed by atoms with Gasteiger partial charge in [0.2, 0.25) is 24.1 Å². The van der Waals surface area contributed by atoms with Crippen LogP contribution >= 0.6 is 0 Å². The number of halogens is 4. The van der Waals surface area contributed by atoms with Crippen LogP contribution in [0.4, 0.5) is 22.4 Å². The van der Waals surface area contributed by atoms with E-state index in [9.17, 15) is 36.4 Å². The van der Waals surface area contributed by atoms with Crippen LogP contribution in [0.3, 0.4) is 0 Å². The van der Waals surface area contributed by atoms with Crippen LogP contribution in [0.15, 0.2) is 18.2 Å². The lowest BCUT2D eigenvalue weighted by molar-refractivity contribution is -0.142. The third kappa shape index (κ3) is 8.10. The summed E-state index contributed by atoms with van der Waals surface area (Å²) in [6.07, 6.45) is -4.89. The number of nitrogens with zero attached hydrogens (tertiary/aromatic N) is 3. The van der Waals surface area contributed by atoms with Gasteiger partial charge in [-0.05, 0) is 75.3 Å². The molecular weight excluding hydrogens is 815 g/mol. The largest absolute Gasteiger partial charge is 0.497 e. The van der Waals surface area contributed by atoms with E-state index < -0.39 is 135 Å². The van der Waals surface area contributed by atoms with Crippen molar-refractivity contribution in [1.29, 1.82) is 0 Å². The van der Waals surface area contributed by atoms with Gasteiger partial charge in [0.1, 0.15) is 41.3 Å². The highest BCUT2D eigenvalue weighted by molar-refractivity contribution is 7.93. The number of sulfone groups is 1. The number of hydrogen-bond acceptors (Lipinski definition) is 11. The number of amides is 3. The zero-order valence-electron chi connectivity index (χ0n) is 34.5. The number of aromatic nitrogens is 2. The van der Waals surface area contributed by atoms with Gasteiger partial charge in [0.05, 0.1) is 35.4 Å². The van der Waals surface area contributed by atoms with Crippen molar-refractivity contribution >= 4 is 44.6 Å². The summed E-state index contributed by atoms with van der Waals surface area (Å²) < 4.78 is 104. The van der Waals surface area contributed by atoms with Crippen LogP contribution in [-0.4, -0.2) is 107 Å². The first-order valence-corrected chi connectivity index (χ1v) is 22.4. The van der Waals surface area contributed by atoms with Crippen molar-refractivity contribution in [2.24, 2.45) is 29.6 Å². The van der Waals surface area contributed by atoms with Crippen molar-refractivity contribution in [3.8, 4) is 11.6 Å². The smallest absolute Gasteiger partial charge is 0.408 e. The van der Waals surface area contributed by atoms with Crippen LogP contribution in [0.25, 0.3) is 11.0 Å². The molecule has 4 fully saturated rings. The standard InChI is InChI=1S/C41H53F4N5O9S/c1-7-24-29-18-50(32(24)35(52)49-40(17-25(40)34(42)43)30(51)19-60(55,56)39(5)16-21(39)4)37(53)31(20(2)3)48-38(54)59-28-14-22(28)10-8-9-13-41(44,45)33-36(58-29)47-27-15-23(57-6)11-12-26(27)46-33/h11-12,15,20-22,24-25,28-29,31-32,34H,7-10,13-14,16-19H2,1-6H3,(H,48,54)(H,49,52)/t21?,22-,24-,25?,28-,29+,31+,32+,39?,40-/m1/s1. The highest BCUT2D eigenvalue weighted by Gasteiger charge is 2.68. The number of methoxy groups -OCH3 is 1. The Balaban J connectivity index is 1.28. The van der Waals surface area contributed by atoms with Crippen LogP contribution in [0.2, 0.25) is 0 Å². The molecule has 2 aliphatic heterocycles. The molecule has 3 amide bonds. The zero-order chi connectivity index (χ0) is 43.7. The first-order valence-electron chi connectivity index (χ1n) is 20.7. The van der Waals surface area contributed by atoms with Crippen molar-refractivity contribution in [1.82, 2.24) is 25.5 Å². The van der Waals surface area contributed by atoms with Crippen LogP contribution in [0, 0.1) is 29.6 Å². The Hall–Kier alpha value is -4.29. The molecule has 1 saturated heterocycles. The molecule has 330 valence electrons. The van der Waals surface area contributed by atoms with Crippen LogP contribution in [0.5, 0.6) is 11.6 Å². The summed E-state index contributed by atoms with van der Waals surface area (Å²) in [7, 11) is -2.68. The predicted molar refractivity (Wildman–Crippen MR) is 208 cm³/mol. The minimum absolute atomic E-state index is 0.0523. The monoisotopic (exact) mass is 867 g/mol. The van der Waals surface area contributed by atoms with Crippen molar-refractivity contribution in [3.05, 3.63) is 23.9 Å². The number of carbonyl (C=O) groups excluding carboxylic acids is 4. The van der Waals surface area contributed by atoms with Gasteiger partial charge in [-0.3, -0.25) is 14.4 Å². The summed E-state index contributed by atoms with van der Waals surface area (Å²) in [6, 6.07) is 1.70. The van der Waals surface area contributed by atoms with E-state index in [0.29, 0.717) is 31.4 Å². The number of ether oxygens (including phenoxy) is 3. The van der Waals surface area contributed by atoms with Crippen LogP contribution in [-0.2, 0) is 34.9 Å². The van der Waals surface area contributed by atoms with Crippen molar-refractivity contribution < 1.29 is 59.4 Å². The summed E-state index contributed by atoms with van der Waals surface area (Å²) >= 11 is 0. The van der Waals surface area contributed by atoms with Gasteiger partial charge in [0.15, 0.2) is 21.3 Å². The van der Waals surface area contributed by atoms with E-state index in [4.69, 9.17) is 14.2 Å². The number of Topliss-reactive ketones (excluding diaryl/α,β-unsaturated/α-hetero) is 1. The quantitative estimate of drug-likeness (QED) is 0.294. The molecule has 19 heteroatoms. The van der Waals surface area contributed by atoms with E-state index in [1.54, 1.807) is 33.8 Å². The number of benzene rings is 1. The number of fused-ring (bicyclic) bond motifs is 5. The average molecular weight is 868 g/mol. The highest BCUT2D eigenvalue weighted by atomic mass is 32.2. The predicted octanol–water partition coefficient (Wildman–Crippen LogP) is 5.35. The number of carbonyl (C=O) groups is 4. The second-order valence-corrected chi connectivity index (χ2v) is 20.3. The zero-order valence-corrected chi connectivity index (χ0v) is 35.3. The Morgan fingerprint density at radius 3 is 2.42 bits per heavy atom. The van der Waals surface area contributed by atoms with Crippen molar-refractivity contribution in [2.75, 3.05) is 19.4 Å². The summed E-state index contributed by atoms with van der Waals surface area (Å²) in [5, 5.41) is 5.10. The van der Waals surface area contributed by atoms with Gasteiger partial charge in [0.25, 0.3) is 5.92 Å². The van der Waals surface area contributed by atoms with E-state index in [1.807, 2.05) is 0 Å². The molecule has 3 aliphatic carbocycles. The Labute approximate surface area is 346 Å². The first-order chi connectivity index (χ1) is 28.2. The third-order valence-corrected chi connectivity index (χ3v) is 16.1. The van der Waals surface area contributed by atoms with Crippen LogP contribution < -0.4 is 20.1 Å². The molecule has 2 aromatic rings. The molecule has 5 aliphatic rings. The SMILES string of the molecule is CC[C@@H]1[C@@H]2CN(C(=O)[C@H](C(C)C)NC(=O)O[C@@H]3C[C@H]3CCCCC(F)(F)c3nc4ccc(OC)cc4nc3O2)[C@@H]1C(=O)N[C@]1(C(=O)CS(=O)(=O)C2(C)CC2C)CC1C(F)F. The summed E-state index contributed by atoms with van der Waals surface area (Å²) in [5.41, 5.74) is -2.69. The average Bonchev–Trinajstić information content (AvgIpc) is 4.14. The molecule has 1 aromatic heterocycles. The van der Waals surface area contributed by atoms with Gasteiger partial charge in [0, 0.05) is 18.4 Å². The van der Waals surface area contributed by atoms with E-state index in [2.05, 4.69) is 20.6 Å². The van der Waals surface area contributed by atoms with Gasteiger partial charge in [-0.2, -0.15) is 8.78 Å². The fourth-order valence-electron chi connectivity index (χ4n) is 9.06. The van der Waals surface area contributed by atoms with Crippen molar-refractivity contribution in [2.45, 2.75) is 133 Å². The maximum Gasteiger partial charge on any atom is 0.408 e. The topological polar surface area (TPSA) is 183 Å². The maximum absolute atomic E-state index is 16.3. The molecule has 2 N–H and O–H groups in total. The van der Waals surface area contributed by atoms with Gasteiger partial charge < -0.3 is 29.7 Å². The number of rotatable bonds is 10. The molecule has 0 radical (unpaired) electrons. The fraction of sp³-hybridized carbons (Fsp3) is 0.707. The van der Waals surface area contributed by atoms with E-state index in [-0.39, 0.29) is 35.7 Å². The lowest BCUT2D eigenvalue weighted by Crippen LogP contribution is -2.59. The molecule has 60 heavy (non-hydrogen) atoms. The van der Waals surface area contributed by atoms with E-state index in [0.717, 1.165) is 4.90 Å². The van der Waals surface area contributed by atoms with Gasteiger partial charge in [-0.25, -0.2) is 32.0 Å². The normalized spacial score (nSPS) is 34.0. The number of hydrogen-bond donors (Lipinski definition) is 2. The second-order valence-electron chi connectivity index (χ2n) is 17.9. The second kappa shape index (κ2) is 15.9. The maximum atomic E-state index is 16.3. The van der Waals surface area contributed by atoms with Gasteiger partial charge >= 0.3 is 6.09 Å². The number of ketones is 1. The molecule has 0 spiro atoms. The minimum atomic E-state index is -4.11. The molecule has 2 bridgehead atoms. The molecule has 14 nitrogen and oxygen atoms in total.